The molecule has 45 heavy (non-hydrogen) atoms. The molecule has 3 nitrogen and oxygen atoms in total. The van der Waals surface area contributed by atoms with Gasteiger partial charge in [-0.25, -0.2) is 0 Å². The SMILES string of the molecule is CCO.Oc1cccc2ccccc12.Oc1cccc2ccccc12.c1ccc(Cc2cccc3c2Cc2ccccc2-3)cc1. The van der Waals surface area contributed by atoms with Crippen LogP contribution < -0.4 is 0 Å². The molecule has 0 bridgehead atoms. The lowest BCUT2D eigenvalue weighted by atomic mass is 9.96. The van der Waals surface area contributed by atoms with Crippen molar-refractivity contribution in [1.29, 1.82) is 0 Å². The Morgan fingerprint density at radius 3 is 1.56 bits per heavy atom. The molecular weight excluding hydrogens is 552 g/mol. The van der Waals surface area contributed by atoms with Crippen molar-refractivity contribution in [3.8, 4) is 22.6 Å². The summed E-state index contributed by atoms with van der Waals surface area (Å²) in [6.07, 6.45) is 2.10. The van der Waals surface area contributed by atoms with Crippen LogP contribution >= 0.6 is 0 Å². The van der Waals surface area contributed by atoms with Crippen LogP contribution in [-0.4, -0.2) is 21.9 Å². The summed E-state index contributed by atoms with van der Waals surface area (Å²) in [5.74, 6) is 0.700. The molecule has 7 aromatic carbocycles. The van der Waals surface area contributed by atoms with E-state index in [1.807, 2.05) is 72.8 Å². The van der Waals surface area contributed by atoms with Gasteiger partial charge in [0.25, 0.3) is 0 Å². The zero-order valence-corrected chi connectivity index (χ0v) is 25.5. The smallest absolute Gasteiger partial charge is 0.123 e. The maximum atomic E-state index is 9.37. The monoisotopic (exact) mass is 590 g/mol. The molecule has 8 rings (SSSR count). The Bertz CT molecular complexity index is 1890. The van der Waals surface area contributed by atoms with Gasteiger partial charge in [0.05, 0.1) is 0 Å². The molecule has 0 unspecified atom stereocenters. The summed E-state index contributed by atoms with van der Waals surface area (Å²) in [5, 5.41) is 30.3. The fraction of sp³-hybridized carbons (Fsp3) is 0.0952. The molecule has 0 atom stereocenters. The van der Waals surface area contributed by atoms with E-state index >= 15 is 0 Å². The Morgan fingerprint density at radius 1 is 0.489 bits per heavy atom. The molecule has 1 aliphatic carbocycles. The van der Waals surface area contributed by atoms with Crippen molar-refractivity contribution in [2.75, 3.05) is 6.61 Å². The van der Waals surface area contributed by atoms with Gasteiger partial charge in [0.2, 0.25) is 0 Å². The van der Waals surface area contributed by atoms with E-state index in [9.17, 15) is 10.2 Å². The summed E-state index contributed by atoms with van der Waals surface area (Å²) in [4.78, 5) is 0. The predicted octanol–water partition coefficient (Wildman–Crippen LogP) is 9.94. The molecule has 7 aromatic rings. The van der Waals surface area contributed by atoms with Crippen LogP contribution in [0.25, 0.3) is 32.7 Å². The van der Waals surface area contributed by atoms with Crippen LogP contribution in [0.1, 0.15) is 29.2 Å². The van der Waals surface area contributed by atoms with Crippen molar-refractivity contribution < 1.29 is 15.3 Å². The molecule has 0 saturated heterocycles. The highest BCUT2D eigenvalue weighted by atomic mass is 16.3. The summed E-state index contributed by atoms with van der Waals surface area (Å²) < 4.78 is 0. The van der Waals surface area contributed by atoms with Gasteiger partial charge in [-0.1, -0.05) is 146 Å². The quantitative estimate of drug-likeness (QED) is 0.188. The first-order chi connectivity index (χ1) is 22.1. The fourth-order valence-corrected chi connectivity index (χ4v) is 5.62. The van der Waals surface area contributed by atoms with Gasteiger partial charge >= 0.3 is 0 Å². The van der Waals surface area contributed by atoms with E-state index in [0.717, 1.165) is 34.4 Å². The third kappa shape index (κ3) is 7.77. The zero-order valence-electron chi connectivity index (χ0n) is 25.5. The molecule has 0 saturated carbocycles. The van der Waals surface area contributed by atoms with Gasteiger partial charge in [0, 0.05) is 17.4 Å². The second-order valence-electron chi connectivity index (χ2n) is 10.8. The van der Waals surface area contributed by atoms with Crippen molar-refractivity contribution >= 4 is 21.5 Å². The van der Waals surface area contributed by atoms with Crippen LogP contribution in [0, 0.1) is 0 Å². The number of fused-ring (bicyclic) bond motifs is 5. The third-order valence-corrected chi connectivity index (χ3v) is 7.72. The molecule has 0 aliphatic heterocycles. The van der Waals surface area contributed by atoms with E-state index in [0.29, 0.717) is 11.5 Å². The predicted molar refractivity (Wildman–Crippen MR) is 188 cm³/mol. The first-order valence-corrected chi connectivity index (χ1v) is 15.3. The van der Waals surface area contributed by atoms with Crippen molar-refractivity contribution in [3.05, 3.63) is 180 Å². The first-order valence-electron chi connectivity index (χ1n) is 15.3. The summed E-state index contributed by atoms with van der Waals surface area (Å²) in [7, 11) is 0. The van der Waals surface area contributed by atoms with Crippen LogP contribution in [0.4, 0.5) is 0 Å². The summed E-state index contributed by atoms with van der Waals surface area (Å²) in [5.41, 5.74) is 8.66. The molecule has 0 heterocycles. The normalized spacial score (nSPS) is 10.7. The molecule has 3 heteroatoms. The molecule has 224 valence electrons. The minimum atomic E-state index is 0.250. The molecule has 0 amide bonds. The van der Waals surface area contributed by atoms with E-state index in [4.69, 9.17) is 5.11 Å². The Kier molecular flexibility index (Phi) is 10.6. The number of phenols is 2. The highest BCUT2D eigenvalue weighted by molar-refractivity contribution is 5.88. The molecule has 1 aliphatic rings. The number of aromatic hydroxyl groups is 2. The van der Waals surface area contributed by atoms with Crippen molar-refractivity contribution in [2.24, 2.45) is 0 Å². The van der Waals surface area contributed by atoms with E-state index in [1.165, 1.54) is 33.4 Å². The lowest BCUT2D eigenvalue weighted by molar-refractivity contribution is 0.318. The van der Waals surface area contributed by atoms with Gasteiger partial charge < -0.3 is 15.3 Å². The zero-order chi connectivity index (χ0) is 31.4. The van der Waals surface area contributed by atoms with Gasteiger partial charge in [-0.3, -0.25) is 0 Å². The molecule has 3 N–H and O–H groups in total. The fourth-order valence-electron chi connectivity index (χ4n) is 5.62. The number of benzene rings is 7. The first kappa shape index (κ1) is 31.1. The van der Waals surface area contributed by atoms with Gasteiger partial charge in [-0.2, -0.15) is 0 Å². The Labute approximate surface area is 265 Å². The Hall–Kier alpha value is -5.38. The second-order valence-corrected chi connectivity index (χ2v) is 10.8. The minimum Gasteiger partial charge on any atom is -0.507 e. The standard InChI is InChI=1S/C20H16.2C10H8O.C2H6O/c1-2-7-15(8-3-1)13-16-10-6-12-19-18-11-5-4-9-17(18)14-20(16)19;2*11-10-7-3-5-8-4-1-2-6-9(8)10;1-2-3/h1-12H,13-14H2;2*1-7,11H;3H,2H2,1H3. The highest BCUT2D eigenvalue weighted by Gasteiger charge is 2.20. The average molecular weight is 591 g/mol. The Balaban J connectivity index is 0.000000137. The van der Waals surface area contributed by atoms with Gasteiger partial charge in [-0.05, 0) is 76.1 Å². The average Bonchev–Trinajstić information content (AvgIpc) is 3.47. The van der Waals surface area contributed by atoms with Crippen molar-refractivity contribution in [1.82, 2.24) is 0 Å². The van der Waals surface area contributed by atoms with Crippen LogP contribution in [0.2, 0.25) is 0 Å². The van der Waals surface area contributed by atoms with Crippen LogP contribution in [-0.2, 0) is 12.8 Å². The van der Waals surface area contributed by atoms with Gasteiger partial charge in [0.15, 0.2) is 0 Å². The maximum absolute atomic E-state index is 9.37. The molecule has 0 spiro atoms. The van der Waals surface area contributed by atoms with Crippen molar-refractivity contribution in [3.63, 3.8) is 0 Å². The lowest BCUT2D eigenvalue weighted by Crippen LogP contribution is -1.94. The second kappa shape index (κ2) is 15.4. The lowest BCUT2D eigenvalue weighted by Gasteiger charge is -2.08. The van der Waals surface area contributed by atoms with E-state index in [1.54, 1.807) is 19.1 Å². The largest absolute Gasteiger partial charge is 0.507 e. The number of hydrogen-bond donors (Lipinski definition) is 3. The number of aliphatic hydroxyl groups excluding tert-OH is 1. The molecule has 0 radical (unpaired) electrons. The van der Waals surface area contributed by atoms with Crippen LogP contribution in [0.3, 0.4) is 0 Å². The summed E-state index contributed by atoms with van der Waals surface area (Å²) in [6, 6.07) is 52.8. The molecule has 0 aromatic heterocycles. The van der Waals surface area contributed by atoms with Gasteiger partial charge in [0.1, 0.15) is 11.5 Å². The number of hydrogen-bond acceptors (Lipinski definition) is 3. The number of rotatable bonds is 2. The third-order valence-electron chi connectivity index (χ3n) is 7.72. The minimum absolute atomic E-state index is 0.250. The van der Waals surface area contributed by atoms with Gasteiger partial charge in [-0.15, -0.1) is 0 Å². The summed E-state index contributed by atoms with van der Waals surface area (Å²) >= 11 is 0. The van der Waals surface area contributed by atoms with Crippen molar-refractivity contribution in [2.45, 2.75) is 19.8 Å². The van der Waals surface area contributed by atoms with Crippen LogP contribution in [0.5, 0.6) is 11.5 Å². The van der Waals surface area contributed by atoms with E-state index < -0.39 is 0 Å². The van der Waals surface area contributed by atoms with Crippen LogP contribution in [0.15, 0.2) is 158 Å². The topological polar surface area (TPSA) is 60.7 Å². The highest BCUT2D eigenvalue weighted by Crippen LogP contribution is 2.38. The molecule has 0 fully saturated rings. The Morgan fingerprint density at radius 2 is 0.956 bits per heavy atom. The number of aliphatic hydroxyl groups is 1. The molecular formula is C42H38O3. The van der Waals surface area contributed by atoms with E-state index in [2.05, 4.69) is 72.8 Å². The maximum Gasteiger partial charge on any atom is 0.123 e. The number of phenolic OH excluding ortho intramolecular Hbond substituents is 2. The van der Waals surface area contributed by atoms with E-state index in [-0.39, 0.29) is 6.61 Å². The summed E-state index contributed by atoms with van der Waals surface area (Å²) in [6.45, 7) is 1.93.